The van der Waals surface area contributed by atoms with E-state index in [9.17, 15) is 4.79 Å². The number of ether oxygens (including phenoxy) is 2. The van der Waals surface area contributed by atoms with Crippen molar-refractivity contribution in [2.24, 2.45) is 5.41 Å². The summed E-state index contributed by atoms with van der Waals surface area (Å²) in [5, 5.41) is 0. The Hall–Kier alpha value is -1.59. The predicted octanol–water partition coefficient (Wildman–Crippen LogP) is 2.16. The van der Waals surface area contributed by atoms with Crippen molar-refractivity contribution in [3.05, 3.63) is 29.8 Å². The molecule has 0 radical (unpaired) electrons. The van der Waals surface area contributed by atoms with Gasteiger partial charge in [0.15, 0.2) is 0 Å². The van der Waals surface area contributed by atoms with Crippen molar-refractivity contribution in [2.75, 3.05) is 51.0 Å². The molecule has 3 fully saturated rings. The van der Waals surface area contributed by atoms with Gasteiger partial charge in [0, 0.05) is 30.7 Å². The minimum absolute atomic E-state index is 0.113. The second-order valence-corrected chi connectivity index (χ2v) is 7.40. The van der Waals surface area contributed by atoms with Crippen LogP contribution in [0.2, 0.25) is 0 Å². The van der Waals surface area contributed by atoms with E-state index in [1.165, 1.54) is 0 Å². The first-order valence-corrected chi connectivity index (χ1v) is 8.99. The summed E-state index contributed by atoms with van der Waals surface area (Å²) in [6.45, 7) is 7.66. The Kier molecular flexibility index (Phi) is 4.22. The quantitative estimate of drug-likeness (QED) is 0.833. The first-order chi connectivity index (χ1) is 11.7. The van der Waals surface area contributed by atoms with E-state index in [0.717, 1.165) is 63.5 Å². The minimum atomic E-state index is 0.113. The molecular formula is C19H26N2O3. The Balaban J connectivity index is 1.62. The summed E-state index contributed by atoms with van der Waals surface area (Å²) in [5.74, 6) is 0.151. The van der Waals surface area contributed by atoms with Crippen LogP contribution in [-0.2, 0) is 9.47 Å². The van der Waals surface area contributed by atoms with E-state index in [1.807, 2.05) is 18.2 Å². The largest absolute Gasteiger partial charge is 0.379 e. The van der Waals surface area contributed by atoms with Crippen molar-refractivity contribution in [1.82, 2.24) is 4.90 Å². The van der Waals surface area contributed by atoms with Gasteiger partial charge in [-0.15, -0.1) is 0 Å². The molecule has 2 atom stereocenters. The van der Waals surface area contributed by atoms with E-state index in [1.54, 1.807) is 0 Å². The number of hydrogen-bond acceptors (Lipinski definition) is 4. The standard InChI is InChI=1S/C19H26N2O3/c1-19-7-4-8-21(17(19)13-24-14-19)18(22)15-5-2-3-6-16(15)20-9-11-23-12-10-20/h2-3,5-6,17H,4,7-14H2,1H3/t17-,19+/m1/s1. The molecular weight excluding hydrogens is 304 g/mol. The van der Waals surface area contributed by atoms with E-state index in [0.29, 0.717) is 6.61 Å². The Bertz CT molecular complexity index is 614. The van der Waals surface area contributed by atoms with Gasteiger partial charge in [-0.25, -0.2) is 0 Å². The Morgan fingerprint density at radius 2 is 1.96 bits per heavy atom. The summed E-state index contributed by atoms with van der Waals surface area (Å²) < 4.78 is 11.2. The zero-order valence-electron chi connectivity index (χ0n) is 14.4. The number of fused-ring (bicyclic) bond motifs is 1. The lowest BCUT2D eigenvalue weighted by atomic mass is 9.77. The van der Waals surface area contributed by atoms with Crippen LogP contribution in [-0.4, -0.2) is 62.9 Å². The summed E-state index contributed by atoms with van der Waals surface area (Å²) in [6, 6.07) is 8.21. The first-order valence-electron chi connectivity index (χ1n) is 8.99. The summed E-state index contributed by atoms with van der Waals surface area (Å²) >= 11 is 0. The van der Waals surface area contributed by atoms with Crippen LogP contribution in [0.15, 0.2) is 24.3 Å². The third-order valence-corrected chi connectivity index (χ3v) is 5.78. The Labute approximate surface area is 143 Å². The van der Waals surface area contributed by atoms with Gasteiger partial charge in [0.05, 0.1) is 38.0 Å². The number of likely N-dealkylation sites (tertiary alicyclic amines) is 1. The molecule has 4 rings (SSSR count). The van der Waals surface area contributed by atoms with Gasteiger partial charge in [0.2, 0.25) is 0 Å². The normalized spacial score (nSPS) is 30.3. The monoisotopic (exact) mass is 330 g/mol. The Morgan fingerprint density at radius 3 is 2.79 bits per heavy atom. The van der Waals surface area contributed by atoms with E-state index < -0.39 is 0 Å². The smallest absolute Gasteiger partial charge is 0.256 e. The van der Waals surface area contributed by atoms with Crippen LogP contribution in [0.25, 0.3) is 0 Å². The molecule has 0 saturated carbocycles. The second kappa shape index (κ2) is 6.37. The van der Waals surface area contributed by atoms with Gasteiger partial charge in [-0.3, -0.25) is 4.79 Å². The summed E-state index contributed by atoms with van der Waals surface area (Å²) in [6.07, 6.45) is 2.20. The fraction of sp³-hybridized carbons (Fsp3) is 0.632. The molecule has 130 valence electrons. The number of hydrogen-bond donors (Lipinski definition) is 0. The molecule has 3 aliphatic heterocycles. The molecule has 0 aromatic heterocycles. The van der Waals surface area contributed by atoms with Crippen LogP contribution in [0, 0.1) is 5.41 Å². The third-order valence-electron chi connectivity index (χ3n) is 5.78. The van der Waals surface area contributed by atoms with Gasteiger partial charge < -0.3 is 19.3 Å². The minimum Gasteiger partial charge on any atom is -0.379 e. The van der Waals surface area contributed by atoms with E-state index in [4.69, 9.17) is 9.47 Å². The predicted molar refractivity (Wildman–Crippen MR) is 92.5 cm³/mol. The molecule has 0 aliphatic carbocycles. The first kappa shape index (κ1) is 15.9. The lowest BCUT2D eigenvalue weighted by Gasteiger charge is -2.43. The number of benzene rings is 1. The fourth-order valence-electron chi connectivity index (χ4n) is 4.35. The lowest BCUT2D eigenvalue weighted by molar-refractivity contribution is 0.0399. The molecule has 3 aliphatic rings. The number of nitrogens with zero attached hydrogens (tertiary/aromatic N) is 2. The van der Waals surface area contributed by atoms with Gasteiger partial charge in [0.25, 0.3) is 5.91 Å². The molecule has 24 heavy (non-hydrogen) atoms. The van der Waals surface area contributed by atoms with Crippen LogP contribution in [0.3, 0.4) is 0 Å². The van der Waals surface area contributed by atoms with Crippen molar-refractivity contribution >= 4 is 11.6 Å². The highest BCUT2D eigenvalue weighted by Gasteiger charge is 2.47. The molecule has 1 aromatic carbocycles. The average Bonchev–Trinajstić information content (AvgIpc) is 3.03. The van der Waals surface area contributed by atoms with Gasteiger partial charge in [-0.05, 0) is 25.0 Å². The van der Waals surface area contributed by atoms with E-state index in [-0.39, 0.29) is 17.4 Å². The molecule has 1 amide bonds. The van der Waals surface area contributed by atoms with E-state index >= 15 is 0 Å². The zero-order valence-corrected chi connectivity index (χ0v) is 14.4. The summed E-state index contributed by atoms with van der Waals surface area (Å²) in [5.41, 5.74) is 1.97. The Morgan fingerprint density at radius 1 is 1.17 bits per heavy atom. The van der Waals surface area contributed by atoms with E-state index in [2.05, 4.69) is 22.8 Å². The van der Waals surface area contributed by atoms with Crippen LogP contribution in [0.1, 0.15) is 30.1 Å². The number of para-hydroxylation sites is 1. The topological polar surface area (TPSA) is 42.0 Å². The maximum Gasteiger partial charge on any atom is 0.256 e. The van der Waals surface area contributed by atoms with Crippen molar-refractivity contribution < 1.29 is 14.3 Å². The summed E-state index contributed by atoms with van der Waals surface area (Å²) in [4.78, 5) is 17.7. The van der Waals surface area contributed by atoms with Crippen molar-refractivity contribution in [2.45, 2.75) is 25.8 Å². The highest BCUT2D eigenvalue weighted by Crippen LogP contribution is 2.41. The van der Waals surface area contributed by atoms with Crippen LogP contribution >= 0.6 is 0 Å². The maximum absolute atomic E-state index is 13.4. The summed E-state index contributed by atoms with van der Waals surface area (Å²) in [7, 11) is 0. The number of carbonyl (C=O) groups excluding carboxylic acids is 1. The number of anilines is 1. The average molecular weight is 330 g/mol. The van der Waals surface area contributed by atoms with Gasteiger partial charge in [-0.2, -0.15) is 0 Å². The number of piperidine rings is 1. The molecule has 0 bridgehead atoms. The SMILES string of the molecule is C[C@@]12CCCN(C(=O)c3ccccc3N3CCOCC3)[C@@H]1COC2. The molecule has 0 N–H and O–H groups in total. The molecule has 5 nitrogen and oxygen atoms in total. The van der Waals surface area contributed by atoms with Crippen molar-refractivity contribution in [3.8, 4) is 0 Å². The molecule has 0 spiro atoms. The van der Waals surface area contributed by atoms with Crippen LogP contribution in [0.4, 0.5) is 5.69 Å². The van der Waals surface area contributed by atoms with Gasteiger partial charge in [0.1, 0.15) is 0 Å². The van der Waals surface area contributed by atoms with Gasteiger partial charge in [-0.1, -0.05) is 19.1 Å². The number of morpholine rings is 1. The molecule has 3 heterocycles. The lowest BCUT2D eigenvalue weighted by Crippen LogP contribution is -2.53. The molecule has 3 saturated heterocycles. The highest BCUT2D eigenvalue weighted by molar-refractivity contribution is 6.00. The number of amides is 1. The third kappa shape index (κ3) is 2.70. The number of carbonyl (C=O) groups is 1. The van der Waals surface area contributed by atoms with Crippen LogP contribution in [0.5, 0.6) is 0 Å². The van der Waals surface area contributed by atoms with Gasteiger partial charge >= 0.3 is 0 Å². The number of rotatable bonds is 2. The molecule has 1 aromatic rings. The van der Waals surface area contributed by atoms with Crippen LogP contribution < -0.4 is 4.90 Å². The highest BCUT2D eigenvalue weighted by atomic mass is 16.5. The van der Waals surface area contributed by atoms with Crippen molar-refractivity contribution in [1.29, 1.82) is 0 Å². The molecule has 0 unspecified atom stereocenters. The molecule has 5 heteroatoms. The fourth-order valence-corrected chi connectivity index (χ4v) is 4.35. The van der Waals surface area contributed by atoms with Crippen molar-refractivity contribution in [3.63, 3.8) is 0 Å². The second-order valence-electron chi connectivity index (χ2n) is 7.40. The maximum atomic E-state index is 13.4. The zero-order chi connectivity index (χ0) is 16.6.